The summed E-state index contributed by atoms with van der Waals surface area (Å²) in [4.78, 5) is 35.1. The van der Waals surface area contributed by atoms with Gasteiger partial charge in [-0.1, -0.05) is 6.07 Å². The number of hydrogen-bond donors (Lipinski definition) is 0. The van der Waals surface area contributed by atoms with E-state index in [1.165, 1.54) is 10.5 Å². The van der Waals surface area contributed by atoms with E-state index in [0.29, 0.717) is 48.8 Å². The molecule has 0 spiro atoms. The topological polar surface area (TPSA) is 111 Å². The normalized spacial score (nSPS) is 11.6. The van der Waals surface area contributed by atoms with Crippen LogP contribution in [0.3, 0.4) is 0 Å². The Labute approximate surface area is 195 Å². The number of pyridine rings is 2. The summed E-state index contributed by atoms with van der Waals surface area (Å²) < 4.78 is 13.7. The molecule has 9 heteroatoms. The fourth-order valence-electron chi connectivity index (χ4n) is 3.66. The largest absolute Gasteiger partial charge is 0.497 e. The van der Waals surface area contributed by atoms with Gasteiger partial charge in [0.15, 0.2) is 5.49 Å². The highest BCUT2D eigenvalue weighted by Crippen LogP contribution is 2.13. The smallest absolute Gasteiger partial charge is 0.278 e. The van der Waals surface area contributed by atoms with Gasteiger partial charge in [0.2, 0.25) is 0 Å². The first-order chi connectivity index (χ1) is 16.6. The molecule has 4 aromatic rings. The number of hydrogen-bond acceptors (Lipinski definition) is 6. The molecule has 0 unspecified atom stereocenters. The summed E-state index contributed by atoms with van der Waals surface area (Å²) in [5, 5.41) is 10.1. The first kappa shape index (κ1) is 22.9. The van der Waals surface area contributed by atoms with E-state index in [2.05, 4.69) is 16.0 Å². The highest BCUT2D eigenvalue weighted by Gasteiger charge is 2.15. The molecule has 0 saturated carbocycles. The van der Waals surface area contributed by atoms with Crippen LogP contribution in [-0.4, -0.2) is 40.2 Å². The molecule has 1 aromatic carbocycles. The average Bonchev–Trinajstić information content (AvgIpc) is 2.87. The number of aromatic nitrogens is 3. The van der Waals surface area contributed by atoms with Crippen LogP contribution in [0.15, 0.2) is 64.5 Å². The van der Waals surface area contributed by atoms with Crippen LogP contribution >= 0.6 is 0 Å². The van der Waals surface area contributed by atoms with E-state index in [0.717, 1.165) is 0 Å². The van der Waals surface area contributed by atoms with Crippen LogP contribution in [0.2, 0.25) is 0 Å². The number of benzene rings is 1. The molecule has 9 nitrogen and oxygen atoms in total. The van der Waals surface area contributed by atoms with Gasteiger partial charge in [0, 0.05) is 31.5 Å². The molecule has 3 aromatic heterocycles. The predicted molar refractivity (Wildman–Crippen MR) is 126 cm³/mol. The molecule has 0 radical (unpaired) electrons. The van der Waals surface area contributed by atoms with Crippen LogP contribution in [0.1, 0.15) is 29.3 Å². The van der Waals surface area contributed by atoms with E-state index in [9.17, 15) is 14.9 Å². The van der Waals surface area contributed by atoms with Gasteiger partial charge in [0.1, 0.15) is 23.1 Å². The van der Waals surface area contributed by atoms with E-state index in [-0.39, 0.29) is 22.0 Å². The van der Waals surface area contributed by atoms with Crippen LogP contribution in [0.4, 0.5) is 0 Å². The maximum atomic E-state index is 13.2. The van der Waals surface area contributed by atoms with Crippen molar-refractivity contribution in [2.75, 3.05) is 20.3 Å². The van der Waals surface area contributed by atoms with E-state index < -0.39 is 5.91 Å². The number of methoxy groups -OCH3 is 1. The van der Waals surface area contributed by atoms with Crippen LogP contribution in [0, 0.1) is 11.3 Å². The third-order valence-electron chi connectivity index (χ3n) is 5.33. The van der Waals surface area contributed by atoms with Crippen molar-refractivity contribution >= 4 is 22.6 Å². The minimum Gasteiger partial charge on any atom is -0.497 e. The van der Waals surface area contributed by atoms with Gasteiger partial charge in [-0.15, -0.1) is 0 Å². The molecular formula is C25H23N5O4. The average molecular weight is 457 g/mol. The Bertz CT molecular complexity index is 1530. The van der Waals surface area contributed by atoms with Crippen molar-refractivity contribution in [3.05, 3.63) is 81.7 Å². The number of nitriles is 1. The first-order valence-corrected chi connectivity index (χ1v) is 10.8. The lowest BCUT2D eigenvalue weighted by Gasteiger charge is -2.13. The van der Waals surface area contributed by atoms with Gasteiger partial charge in [0.25, 0.3) is 11.5 Å². The number of nitrogens with zero attached hydrogens (tertiary/aromatic N) is 5. The summed E-state index contributed by atoms with van der Waals surface area (Å²) in [6.07, 6.45) is 2.21. The zero-order valence-electron chi connectivity index (χ0n) is 18.9. The molecule has 34 heavy (non-hydrogen) atoms. The summed E-state index contributed by atoms with van der Waals surface area (Å²) in [6, 6.07) is 15.3. The van der Waals surface area contributed by atoms with E-state index in [1.54, 1.807) is 60.3 Å². The van der Waals surface area contributed by atoms with E-state index in [1.807, 2.05) is 6.92 Å². The number of ether oxygens (including phenoxy) is 2. The maximum Gasteiger partial charge on any atom is 0.278 e. The van der Waals surface area contributed by atoms with Gasteiger partial charge in [-0.3, -0.25) is 14.0 Å². The standard InChI is InChI=1S/C25H23N5O4/c1-3-34-14-6-13-30-22(28-24(31)17-8-10-19(33-2)11-9-17)18(16-26)15-20-23(30)27-21-7-4-5-12-29(21)25(20)32/h4-5,7-12,15H,3,6,13-14H2,1-2H3. The number of rotatable bonds is 7. The number of amides is 1. The monoisotopic (exact) mass is 457 g/mol. The number of carbonyl (C=O) groups is 1. The van der Waals surface area contributed by atoms with Gasteiger partial charge in [-0.05, 0) is 55.8 Å². The molecule has 4 rings (SSSR count). The van der Waals surface area contributed by atoms with Gasteiger partial charge in [0.05, 0.1) is 18.1 Å². The Hall–Kier alpha value is -4.29. The minimum atomic E-state index is -0.519. The quantitative estimate of drug-likeness (QED) is 0.312. The predicted octanol–water partition coefficient (Wildman–Crippen LogP) is 2.70. The first-order valence-electron chi connectivity index (χ1n) is 10.8. The lowest BCUT2D eigenvalue weighted by atomic mass is 10.2. The molecule has 0 N–H and O–H groups in total. The van der Waals surface area contributed by atoms with Gasteiger partial charge < -0.3 is 14.0 Å². The van der Waals surface area contributed by atoms with Crippen LogP contribution in [0.25, 0.3) is 16.7 Å². The molecule has 0 fully saturated rings. The van der Waals surface area contributed by atoms with Crippen molar-refractivity contribution in [2.24, 2.45) is 4.99 Å². The third-order valence-corrected chi connectivity index (χ3v) is 5.33. The molecular weight excluding hydrogens is 434 g/mol. The second-order valence-corrected chi connectivity index (χ2v) is 7.42. The van der Waals surface area contributed by atoms with Gasteiger partial charge in [-0.2, -0.15) is 10.3 Å². The Morgan fingerprint density at radius 1 is 1.21 bits per heavy atom. The van der Waals surface area contributed by atoms with E-state index in [4.69, 9.17) is 9.47 Å². The van der Waals surface area contributed by atoms with Crippen molar-refractivity contribution in [2.45, 2.75) is 19.9 Å². The van der Waals surface area contributed by atoms with Crippen molar-refractivity contribution in [1.29, 1.82) is 5.26 Å². The zero-order valence-corrected chi connectivity index (χ0v) is 18.9. The number of fused-ring (bicyclic) bond motifs is 2. The summed E-state index contributed by atoms with van der Waals surface area (Å²) in [5.74, 6) is 0.0945. The van der Waals surface area contributed by atoms with Crippen molar-refractivity contribution in [3.8, 4) is 11.8 Å². The lowest BCUT2D eigenvalue weighted by Crippen LogP contribution is -2.30. The highest BCUT2D eigenvalue weighted by molar-refractivity contribution is 5.95. The molecule has 0 aliphatic heterocycles. The summed E-state index contributed by atoms with van der Waals surface area (Å²) in [7, 11) is 1.54. The van der Waals surface area contributed by atoms with Crippen molar-refractivity contribution < 1.29 is 14.3 Å². The van der Waals surface area contributed by atoms with Crippen LogP contribution in [0.5, 0.6) is 5.75 Å². The number of aryl methyl sites for hydroxylation is 1. The Morgan fingerprint density at radius 2 is 2.00 bits per heavy atom. The SMILES string of the molecule is CCOCCCn1c(=NC(=O)c2ccc(OC)cc2)c(C#N)cc2c(=O)n3ccccc3nc21. The van der Waals surface area contributed by atoms with Crippen LogP contribution in [-0.2, 0) is 11.3 Å². The Morgan fingerprint density at radius 3 is 2.71 bits per heavy atom. The zero-order chi connectivity index (χ0) is 24.1. The maximum absolute atomic E-state index is 13.2. The molecule has 172 valence electrons. The number of carbonyl (C=O) groups excluding carboxylic acids is 1. The van der Waals surface area contributed by atoms with Crippen molar-refractivity contribution in [1.82, 2.24) is 14.0 Å². The molecule has 0 atom stereocenters. The highest BCUT2D eigenvalue weighted by atomic mass is 16.5. The fourth-order valence-corrected chi connectivity index (χ4v) is 3.66. The Balaban J connectivity index is 1.97. The fraction of sp³-hybridized carbons (Fsp3) is 0.240. The third kappa shape index (κ3) is 4.44. The molecule has 0 bridgehead atoms. The van der Waals surface area contributed by atoms with Crippen molar-refractivity contribution in [3.63, 3.8) is 0 Å². The summed E-state index contributed by atoms with van der Waals surface area (Å²) in [5.41, 5.74) is 1.12. The van der Waals surface area contributed by atoms with Crippen LogP contribution < -0.4 is 15.8 Å². The molecule has 1 amide bonds. The molecule has 0 aliphatic rings. The Kier molecular flexibility index (Phi) is 6.80. The summed E-state index contributed by atoms with van der Waals surface area (Å²) in [6.45, 7) is 3.30. The molecule has 0 saturated heterocycles. The van der Waals surface area contributed by atoms with Gasteiger partial charge >= 0.3 is 0 Å². The summed E-state index contributed by atoms with van der Waals surface area (Å²) >= 11 is 0. The van der Waals surface area contributed by atoms with E-state index >= 15 is 0 Å². The lowest BCUT2D eigenvalue weighted by molar-refractivity contribution is 0.0997. The molecule has 0 aliphatic carbocycles. The minimum absolute atomic E-state index is 0.112. The second-order valence-electron chi connectivity index (χ2n) is 7.42. The van der Waals surface area contributed by atoms with Gasteiger partial charge in [-0.25, -0.2) is 4.98 Å². The molecule has 3 heterocycles. The second kappa shape index (κ2) is 10.1.